The van der Waals surface area contributed by atoms with E-state index in [0.717, 1.165) is 12.8 Å². The number of alkyl halides is 2. The minimum atomic E-state index is -2.99. The van der Waals surface area contributed by atoms with Gasteiger partial charge in [-0.05, 0) is 36.8 Å². The summed E-state index contributed by atoms with van der Waals surface area (Å²) in [6.45, 7) is -3.45. The zero-order valence-corrected chi connectivity index (χ0v) is 12.8. The number of hydrogen-bond acceptors (Lipinski definition) is 4. The van der Waals surface area contributed by atoms with Crippen molar-refractivity contribution < 1.29 is 27.8 Å². The summed E-state index contributed by atoms with van der Waals surface area (Å²) in [7, 11) is 0. The van der Waals surface area contributed by atoms with Crippen LogP contribution in [0.3, 0.4) is 0 Å². The molecule has 0 aromatic heterocycles. The molecular weight excluding hydrogens is 320 g/mol. The fraction of sp³-hybridized carbons (Fsp3) is 0.412. The summed E-state index contributed by atoms with van der Waals surface area (Å²) in [5, 5.41) is 2.41. The van der Waals surface area contributed by atoms with Gasteiger partial charge in [0.05, 0.1) is 11.6 Å². The number of allylic oxidation sites excluding steroid dienone is 2. The van der Waals surface area contributed by atoms with Crippen LogP contribution in [0.5, 0.6) is 5.75 Å². The normalized spacial score (nSPS) is 24.2. The third kappa shape index (κ3) is 3.72. The number of halogens is 2. The van der Waals surface area contributed by atoms with Gasteiger partial charge in [-0.1, -0.05) is 24.3 Å². The van der Waals surface area contributed by atoms with Crippen LogP contribution in [0.15, 0.2) is 36.4 Å². The minimum absolute atomic E-state index is 0.0988. The van der Waals surface area contributed by atoms with Crippen LogP contribution in [0.25, 0.3) is 0 Å². The molecule has 3 rings (SSSR count). The molecule has 0 aliphatic heterocycles. The summed E-state index contributed by atoms with van der Waals surface area (Å²) in [4.78, 5) is 23.9. The summed E-state index contributed by atoms with van der Waals surface area (Å²) < 4.78 is 34.0. The molecule has 0 spiro atoms. The lowest BCUT2D eigenvalue weighted by Gasteiger charge is -2.16. The second kappa shape index (κ2) is 6.98. The number of esters is 1. The van der Waals surface area contributed by atoms with E-state index < -0.39 is 19.1 Å². The Morgan fingerprint density at radius 3 is 2.67 bits per heavy atom. The van der Waals surface area contributed by atoms with Crippen molar-refractivity contribution in [3.05, 3.63) is 36.4 Å². The predicted octanol–water partition coefficient (Wildman–Crippen LogP) is 2.98. The van der Waals surface area contributed by atoms with Crippen LogP contribution < -0.4 is 10.1 Å². The first-order valence-corrected chi connectivity index (χ1v) is 7.71. The van der Waals surface area contributed by atoms with Crippen molar-refractivity contribution in [2.45, 2.75) is 19.5 Å². The number of carbonyl (C=O) groups is 2. The molecule has 128 valence electrons. The topological polar surface area (TPSA) is 64.6 Å². The van der Waals surface area contributed by atoms with Gasteiger partial charge < -0.3 is 14.8 Å². The van der Waals surface area contributed by atoms with Gasteiger partial charge in [0.2, 0.25) is 0 Å². The number of amides is 1. The molecule has 0 heterocycles. The number of para-hydroxylation sites is 2. The highest BCUT2D eigenvalue weighted by molar-refractivity contribution is 5.94. The van der Waals surface area contributed by atoms with Crippen LogP contribution in [0.2, 0.25) is 0 Å². The van der Waals surface area contributed by atoms with E-state index in [-0.39, 0.29) is 29.2 Å². The number of nitrogens with one attached hydrogen (secondary N) is 1. The maximum atomic E-state index is 12.3. The highest BCUT2D eigenvalue weighted by Gasteiger charge is 2.40. The summed E-state index contributed by atoms with van der Waals surface area (Å²) in [5.41, 5.74) is 0.0988. The largest absolute Gasteiger partial charge is 0.455 e. The van der Waals surface area contributed by atoms with Crippen molar-refractivity contribution >= 4 is 17.6 Å². The van der Waals surface area contributed by atoms with Gasteiger partial charge in [0.25, 0.3) is 5.91 Å². The van der Waals surface area contributed by atoms with Gasteiger partial charge in [-0.3, -0.25) is 9.59 Å². The highest BCUT2D eigenvalue weighted by Crippen LogP contribution is 2.43. The van der Waals surface area contributed by atoms with Crippen LogP contribution in [0, 0.1) is 17.8 Å². The Bertz CT molecular complexity index is 662. The molecule has 5 nitrogen and oxygen atoms in total. The molecule has 3 atom stereocenters. The van der Waals surface area contributed by atoms with Gasteiger partial charge in [0.15, 0.2) is 6.61 Å². The van der Waals surface area contributed by atoms with Gasteiger partial charge >= 0.3 is 12.6 Å². The lowest BCUT2D eigenvalue weighted by molar-refractivity contribution is -0.152. The highest BCUT2D eigenvalue weighted by atomic mass is 19.3. The SMILES string of the molecule is O=C(COC(=O)[C@H]1C[C@@H]2C=C[C@H]1C2)Nc1ccccc1OC(F)F. The molecule has 0 unspecified atom stereocenters. The zero-order valence-electron chi connectivity index (χ0n) is 12.8. The minimum Gasteiger partial charge on any atom is -0.455 e. The Morgan fingerprint density at radius 2 is 2.00 bits per heavy atom. The Hall–Kier alpha value is -2.44. The number of fused-ring (bicyclic) bond motifs is 2. The molecule has 2 aliphatic carbocycles. The van der Waals surface area contributed by atoms with Gasteiger partial charge in [-0.25, -0.2) is 0 Å². The zero-order chi connectivity index (χ0) is 17.1. The van der Waals surface area contributed by atoms with Crippen LogP contribution >= 0.6 is 0 Å². The third-order valence-electron chi connectivity index (χ3n) is 4.30. The van der Waals surface area contributed by atoms with Crippen molar-refractivity contribution in [1.29, 1.82) is 0 Å². The molecule has 1 saturated carbocycles. The molecule has 1 N–H and O–H groups in total. The Balaban J connectivity index is 1.51. The van der Waals surface area contributed by atoms with Crippen molar-refractivity contribution in [3.8, 4) is 5.75 Å². The maximum absolute atomic E-state index is 12.3. The summed E-state index contributed by atoms with van der Waals surface area (Å²) in [5.74, 6) is -0.704. The first-order valence-electron chi connectivity index (χ1n) is 7.71. The third-order valence-corrected chi connectivity index (χ3v) is 4.30. The van der Waals surface area contributed by atoms with Crippen LogP contribution in [0.1, 0.15) is 12.8 Å². The molecule has 1 aromatic rings. The van der Waals surface area contributed by atoms with Gasteiger partial charge in [0.1, 0.15) is 5.75 Å². The molecule has 2 aliphatic rings. The number of benzene rings is 1. The smallest absolute Gasteiger partial charge is 0.387 e. The standard InChI is InChI=1S/C17H17F2NO4/c18-17(19)24-14-4-2-1-3-13(14)20-15(21)9-23-16(22)12-8-10-5-6-11(12)7-10/h1-6,10-12,17H,7-9H2,(H,20,21)/t10-,11+,12+/m1/s1. The van der Waals surface area contributed by atoms with Gasteiger partial charge in [0, 0.05) is 0 Å². The number of hydrogen-bond donors (Lipinski definition) is 1. The molecular formula is C17H17F2NO4. The monoisotopic (exact) mass is 337 g/mol. The van der Waals surface area contributed by atoms with E-state index in [9.17, 15) is 18.4 Å². The molecule has 1 fully saturated rings. The van der Waals surface area contributed by atoms with Crippen molar-refractivity contribution in [2.24, 2.45) is 17.8 Å². The summed E-state index contributed by atoms with van der Waals surface area (Å²) >= 11 is 0. The molecule has 0 radical (unpaired) electrons. The molecule has 7 heteroatoms. The van der Waals surface area contributed by atoms with Crippen molar-refractivity contribution in [2.75, 3.05) is 11.9 Å². The molecule has 2 bridgehead atoms. The first kappa shape index (κ1) is 16.4. The van der Waals surface area contributed by atoms with Crippen molar-refractivity contribution in [3.63, 3.8) is 0 Å². The van der Waals surface area contributed by atoms with Crippen molar-refractivity contribution in [1.82, 2.24) is 0 Å². The van der Waals surface area contributed by atoms with Crippen LogP contribution in [-0.2, 0) is 14.3 Å². The second-order valence-corrected chi connectivity index (χ2v) is 5.92. The fourth-order valence-corrected chi connectivity index (χ4v) is 3.25. The predicted molar refractivity (Wildman–Crippen MR) is 81.5 cm³/mol. The number of carbonyl (C=O) groups excluding carboxylic acids is 2. The Kier molecular flexibility index (Phi) is 4.78. The van der Waals surface area contributed by atoms with Gasteiger partial charge in [-0.15, -0.1) is 0 Å². The van der Waals surface area contributed by atoms with Crippen LogP contribution in [0.4, 0.5) is 14.5 Å². The van der Waals surface area contributed by atoms with Crippen LogP contribution in [-0.4, -0.2) is 25.1 Å². The summed E-state index contributed by atoms with van der Waals surface area (Å²) in [6.07, 6.45) is 5.86. The quantitative estimate of drug-likeness (QED) is 0.640. The van der Waals surface area contributed by atoms with Gasteiger partial charge in [-0.2, -0.15) is 8.78 Å². The maximum Gasteiger partial charge on any atom is 0.387 e. The van der Waals surface area contributed by atoms with E-state index in [2.05, 4.69) is 16.1 Å². The lowest BCUT2D eigenvalue weighted by atomic mass is 9.94. The fourth-order valence-electron chi connectivity index (χ4n) is 3.25. The van der Waals surface area contributed by atoms with E-state index in [0.29, 0.717) is 5.92 Å². The second-order valence-electron chi connectivity index (χ2n) is 5.92. The molecule has 1 amide bonds. The first-order chi connectivity index (χ1) is 11.5. The molecule has 0 saturated heterocycles. The summed E-state index contributed by atoms with van der Waals surface area (Å²) in [6, 6.07) is 5.82. The van der Waals surface area contributed by atoms with E-state index >= 15 is 0 Å². The van der Waals surface area contributed by atoms with E-state index in [1.165, 1.54) is 18.2 Å². The lowest BCUT2D eigenvalue weighted by Crippen LogP contribution is -2.26. The van der Waals surface area contributed by atoms with E-state index in [1.807, 2.05) is 6.08 Å². The average molecular weight is 337 g/mol. The Labute approximate surface area is 137 Å². The number of rotatable bonds is 6. The molecule has 24 heavy (non-hydrogen) atoms. The molecule has 1 aromatic carbocycles. The van der Waals surface area contributed by atoms with E-state index in [4.69, 9.17) is 4.74 Å². The average Bonchev–Trinajstić information content (AvgIpc) is 3.17. The number of ether oxygens (including phenoxy) is 2. The number of anilines is 1. The Morgan fingerprint density at radius 1 is 1.21 bits per heavy atom. The van der Waals surface area contributed by atoms with E-state index in [1.54, 1.807) is 6.07 Å².